The number of aromatic nitrogens is 4. The molecule has 10 nitrogen and oxygen atoms in total. The number of aromatic amines is 1. The summed E-state index contributed by atoms with van der Waals surface area (Å²) in [5.74, 6) is 0.876. The van der Waals surface area contributed by atoms with Crippen molar-refractivity contribution in [1.82, 2.24) is 19.9 Å². The Kier molecular flexibility index (Phi) is 7.13. The molecule has 0 saturated heterocycles. The molecule has 1 fully saturated rings. The van der Waals surface area contributed by atoms with Crippen LogP contribution in [0.25, 0.3) is 33.7 Å². The summed E-state index contributed by atoms with van der Waals surface area (Å²) in [6.07, 6.45) is 1.64. The van der Waals surface area contributed by atoms with E-state index < -0.39 is 16.4 Å². The first-order valence-corrected chi connectivity index (χ1v) is 12.3. The van der Waals surface area contributed by atoms with Crippen molar-refractivity contribution in [3.05, 3.63) is 60.9 Å². The fourth-order valence-corrected chi connectivity index (χ4v) is 4.69. The number of hydrogen-bond acceptors (Lipinski definition) is 8. The van der Waals surface area contributed by atoms with Crippen molar-refractivity contribution >= 4 is 27.3 Å². The minimum atomic E-state index is -4.05. The minimum absolute atomic E-state index is 0. The lowest BCUT2D eigenvalue weighted by Crippen LogP contribution is -2.24. The van der Waals surface area contributed by atoms with Crippen molar-refractivity contribution in [3.8, 4) is 22.5 Å². The van der Waals surface area contributed by atoms with Crippen LogP contribution in [-0.4, -0.2) is 52.2 Å². The van der Waals surface area contributed by atoms with Crippen LogP contribution >= 0.6 is 0 Å². The molecule has 2 heterocycles. The van der Waals surface area contributed by atoms with E-state index in [4.69, 9.17) is 5.14 Å². The van der Waals surface area contributed by atoms with E-state index in [0.717, 1.165) is 16.7 Å². The highest BCUT2D eigenvalue weighted by Gasteiger charge is 2.34. The van der Waals surface area contributed by atoms with Crippen molar-refractivity contribution in [2.75, 3.05) is 11.9 Å². The van der Waals surface area contributed by atoms with Crippen LogP contribution in [0.2, 0.25) is 0 Å². The molecule has 0 bridgehead atoms. The molecule has 184 valence electrons. The van der Waals surface area contributed by atoms with Crippen molar-refractivity contribution in [1.29, 1.82) is 0 Å². The van der Waals surface area contributed by atoms with Gasteiger partial charge in [0.2, 0.25) is 0 Å². The Morgan fingerprint density at radius 3 is 2.57 bits per heavy atom. The smallest absolute Gasteiger partial charge is 0.333 e. The van der Waals surface area contributed by atoms with Gasteiger partial charge in [-0.25, -0.2) is 20.1 Å². The van der Waals surface area contributed by atoms with Gasteiger partial charge in [0, 0.05) is 17.5 Å². The third kappa shape index (κ3) is 5.65. The zero-order valence-electron chi connectivity index (χ0n) is 18.1. The number of anilines is 1. The summed E-state index contributed by atoms with van der Waals surface area (Å²) >= 11 is 0. The van der Waals surface area contributed by atoms with E-state index in [0.29, 0.717) is 35.6 Å². The normalized spacial score (nSPS) is 20.0. The highest BCUT2D eigenvalue weighted by molar-refractivity contribution is 7.84. The summed E-state index contributed by atoms with van der Waals surface area (Å²) in [7, 11) is -4.05. The second-order valence-electron chi connectivity index (χ2n) is 8.37. The molecule has 5 N–H and O–H groups in total. The number of fused-ring (bicyclic) bond motifs is 1. The maximum absolute atomic E-state index is 11.1. The Balaban J connectivity index is 0.00000289. The number of nitrogens with one attached hydrogen (secondary N) is 2. The Morgan fingerprint density at radius 2 is 1.80 bits per heavy atom. The summed E-state index contributed by atoms with van der Waals surface area (Å²) in [6, 6.07) is 18.1. The van der Waals surface area contributed by atoms with Gasteiger partial charge >= 0.3 is 10.3 Å². The fourth-order valence-electron chi connectivity index (χ4n) is 4.33. The third-order valence-corrected chi connectivity index (χ3v) is 6.44. The number of H-pyrrole nitrogens is 1. The zero-order valence-corrected chi connectivity index (χ0v) is 18.9. The second kappa shape index (κ2) is 10.1. The van der Waals surface area contributed by atoms with Crippen molar-refractivity contribution in [2.45, 2.75) is 32.4 Å². The average molecular weight is 497 g/mol. The zero-order chi connectivity index (χ0) is 23.7. The molecule has 11 heteroatoms. The van der Waals surface area contributed by atoms with E-state index in [2.05, 4.69) is 53.7 Å². The lowest BCUT2D eigenvalue weighted by molar-refractivity contribution is 0.101. The topological polar surface area (TPSA) is 156 Å². The molecule has 0 radical (unpaired) electrons. The summed E-state index contributed by atoms with van der Waals surface area (Å²) in [4.78, 5) is 16.6. The molecule has 0 unspecified atom stereocenters. The summed E-state index contributed by atoms with van der Waals surface area (Å²) < 4.78 is 26.8. The first kappa shape index (κ1) is 24.7. The van der Waals surface area contributed by atoms with Crippen molar-refractivity contribution in [2.24, 2.45) is 11.1 Å². The van der Waals surface area contributed by atoms with Gasteiger partial charge < -0.3 is 15.4 Å². The number of aliphatic hydroxyl groups excluding tert-OH is 1. The predicted octanol–water partition coefficient (Wildman–Crippen LogP) is 3.09. The monoisotopic (exact) mass is 496 g/mol. The Hall–Kier alpha value is -3.38. The lowest BCUT2D eigenvalue weighted by atomic mass is 10.0. The molecule has 1 aliphatic carbocycles. The van der Waals surface area contributed by atoms with Crippen molar-refractivity contribution < 1.29 is 17.7 Å². The van der Waals surface area contributed by atoms with Gasteiger partial charge in [0.15, 0.2) is 11.5 Å². The standard InChI is InChI=1S/C23H24N6O4S.CH4/c24-34(31,32)33-12-17-10-18(11-19(17)30)27-22-20-23(26-13-25-22)29-21(28-20)16-8-4-7-15(9-16)14-5-2-1-3-6-14;/h1-9,13,17-19,30H,10-12H2,(H2,24,31,32)(H2,25,26,27,28,29);1H4/t17-,18+,19-;/m0./s1. The number of benzene rings is 2. The van der Waals surface area contributed by atoms with Gasteiger partial charge in [0.1, 0.15) is 17.7 Å². The van der Waals surface area contributed by atoms with Crippen LogP contribution in [0, 0.1) is 5.92 Å². The fraction of sp³-hybridized carbons (Fsp3) is 0.292. The number of rotatable bonds is 7. The maximum Gasteiger partial charge on any atom is 0.333 e. The quantitative estimate of drug-likeness (QED) is 0.304. The molecular formula is C24H28N6O4S. The van der Waals surface area contributed by atoms with E-state index >= 15 is 0 Å². The largest absolute Gasteiger partial charge is 0.393 e. The number of aliphatic hydroxyl groups is 1. The first-order chi connectivity index (χ1) is 16.4. The van der Waals surface area contributed by atoms with E-state index in [9.17, 15) is 13.5 Å². The predicted molar refractivity (Wildman–Crippen MR) is 134 cm³/mol. The maximum atomic E-state index is 11.1. The van der Waals surface area contributed by atoms with Crippen LogP contribution < -0.4 is 10.5 Å². The minimum Gasteiger partial charge on any atom is -0.393 e. The first-order valence-electron chi connectivity index (χ1n) is 10.8. The molecule has 35 heavy (non-hydrogen) atoms. The van der Waals surface area contributed by atoms with Crippen LogP contribution in [0.5, 0.6) is 0 Å². The SMILES string of the molecule is C.NS(=O)(=O)OC[C@@H]1C[C@@H](Nc2ncnc3nc(-c4cccc(-c5ccccc5)c4)[nH]c23)C[C@@H]1O. The molecule has 0 aliphatic heterocycles. The number of imidazole rings is 1. The molecule has 2 aromatic heterocycles. The van der Waals surface area contributed by atoms with Gasteiger partial charge in [-0.2, -0.15) is 8.42 Å². The molecular weight excluding hydrogens is 468 g/mol. The molecule has 4 aromatic rings. The van der Waals surface area contributed by atoms with E-state index in [-0.39, 0.29) is 26.0 Å². The van der Waals surface area contributed by atoms with Gasteiger partial charge in [-0.1, -0.05) is 56.0 Å². The number of nitrogens with zero attached hydrogens (tertiary/aromatic N) is 3. The molecule has 3 atom stereocenters. The Labute approximate surface area is 203 Å². The molecule has 5 rings (SSSR count). The van der Waals surface area contributed by atoms with Crippen LogP contribution in [0.3, 0.4) is 0 Å². The van der Waals surface area contributed by atoms with Gasteiger partial charge in [-0.05, 0) is 30.0 Å². The van der Waals surface area contributed by atoms with Crippen LogP contribution in [0.4, 0.5) is 5.82 Å². The summed E-state index contributed by atoms with van der Waals surface area (Å²) in [5.41, 5.74) is 4.28. The lowest BCUT2D eigenvalue weighted by Gasteiger charge is -2.13. The summed E-state index contributed by atoms with van der Waals surface area (Å²) in [6.45, 7) is -0.163. The molecule has 1 aliphatic rings. The highest BCUT2D eigenvalue weighted by atomic mass is 32.2. The van der Waals surface area contributed by atoms with Gasteiger partial charge in [-0.3, -0.25) is 4.18 Å². The molecule has 1 saturated carbocycles. The molecule has 0 amide bonds. The highest BCUT2D eigenvalue weighted by Crippen LogP contribution is 2.31. The van der Waals surface area contributed by atoms with Crippen LogP contribution in [-0.2, 0) is 14.5 Å². The van der Waals surface area contributed by atoms with E-state index in [1.807, 2.05) is 30.3 Å². The Morgan fingerprint density at radius 1 is 1.06 bits per heavy atom. The second-order valence-corrected chi connectivity index (χ2v) is 9.59. The van der Waals surface area contributed by atoms with Crippen molar-refractivity contribution in [3.63, 3.8) is 0 Å². The number of hydrogen-bond donors (Lipinski definition) is 4. The molecule has 0 spiro atoms. The third-order valence-electron chi connectivity index (χ3n) is 5.98. The van der Waals surface area contributed by atoms with Gasteiger partial charge in [-0.15, -0.1) is 0 Å². The summed E-state index contributed by atoms with van der Waals surface area (Å²) in [5, 5.41) is 18.5. The Bertz CT molecular complexity index is 1410. The molecule has 2 aromatic carbocycles. The van der Waals surface area contributed by atoms with Crippen LogP contribution in [0.15, 0.2) is 60.9 Å². The van der Waals surface area contributed by atoms with E-state index in [1.165, 1.54) is 6.33 Å². The van der Waals surface area contributed by atoms with E-state index in [1.54, 1.807) is 0 Å². The van der Waals surface area contributed by atoms with Gasteiger partial charge in [0.05, 0.1) is 12.7 Å². The van der Waals surface area contributed by atoms with Gasteiger partial charge in [0.25, 0.3) is 0 Å². The van der Waals surface area contributed by atoms with Crippen LogP contribution in [0.1, 0.15) is 20.3 Å². The number of nitrogens with two attached hydrogens (primary N) is 1. The average Bonchev–Trinajstić information content (AvgIpc) is 3.42.